The summed E-state index contributed by atoms with van der Waals surface area (Å²) in [6.07, 6.45) is 5.10. The van der Waals surface area contributed by atoms with Crippen LogP contribution in [0.4, 0.5) is 0 Å². The Bertz CT molecular complexity index is 266. The highest BCUT2D eigenvalue weighted by Crippen LogP contribution is 2.18. The van der Waals surface area contributed by atoms with E-state index in [1.54, 1.807) is 0 Å². The molecule has 1 nitrogen and oxygen atoms in total. The predicted molar refractivity (Wildman–Crippen MR) is 57.0 cm³/mol. The van der Waals surface area contributed by atoms with E-state index in [1.165, 1.54) is 36.9 Å². The first kappa shape index (κ1) is 10.2. The minimum atomic E-state index is 1.16. The number of hydrogen-bond donors (Lipinski definition) is 0. The molecule has 0 radical (unpaired) electrons. The lowest BCUT2D eigenvalue weighted by Crippen LogP contribution is -2.05. The third-order valence-electron chi connectivity index (χ3n) is 2.32. The molecule has 0 fully saturated rings. The van der Waals surface area contributed by atoms with Gasteiger partial charge in [0, 0.05) is 11.4 Å². The van der Waals surface area contributed by atoms with Crippen molar-refractivity contribution >= 4 is 0 Å². The molecule has 13 heavy (non-hydrogen) atoms. The monoisotopic (exact) mass is 177 g/mol. The summed E-state index contributed by atoms with van der Waals surface area (Å²) < 4.78 is 0. The number of nitrogens with zero attached hydrogens (tertiary/aromatic N) is 1. The van der Waals surface area contributed by atoms with Crippen molar-refractivity contribution in [1.82, 2.24) is 4.98 Å². The van der Waals surface area contributed by atoms with E-state index in [-0.39, 0.29) is 0 Å². The van der Waals surface area contributed by atoms with Crippen molar-refractivity contribution in [3.8, 4) is 0 Å². The molecule has 0 spiro atoms. The normalized spacial score (nSPS) is 14.1. The molecule has 0 aromatic carbocycles. The molecule has 0 atom stereocenters. The molecule has 1 aromatic rings. The molecule has 0 amide bonds. The van der Waals surface area contributed by atoms with E-state index in [9.17, 15) is 0 Å². The summed E-state index contributed by atoms with van der Waals surface area (Å²) in [5.41, 5.74) is 3.98. The van der Waals surface area contributed by atoms with Gasteiger partial charge in [-0.3, -0.25) is 4.98 Å². The molecule has 2 rings (SSSR count). The molecule has 0 saturated carbocycles. The van der Waals surface area contributed by atoms with Crippen molar-refractivity contribution in [2.45, 2.75) is 46.5 Å². The first-order valence-electron chi connectivity index (χ1n) is 5.32. The maximum atomic E-state index is 4.51. The van der Waals surface area contributed by atoms with E-state index in [1.807, 2.05) is 13.8 Å². The van der Waals surface area contributed by atoms with Gasteiger partial charge in [0.2, 0.25) is 0 Å². The highest BCUT2D eigenvalue weighted by Gasteiger charge is 2.09. The fourth-order valence-electron chi connectivity index (χ4n) is 1.69. The molecule has 1 heteroatoms. The van der Waals surface area contributed by atoms with Crippen LogP contribution in [0, 0.1) is 6.92 Å². The number of fused-ring (bicyclic) bond motifs is 1. The zero-order valence-electron chi connectivity index (χ0n) is 8.93. The SMILES string of the molecule is CC.Cc1ccc2c(n1)CCCC2. The van der Waals surface area contributed by atoms with Crippen LogP contribution in [0.3, 0.4) is 0 Å². The lowest BCUT2D eigenvalue weighted by Gasteiger charge is -2.14. The molecule has 1 heterocycles. The third kappa shape index (κ3) is 2.55. The Morgan fingerprint density at radius 1 is 1.08 bits per heavy atom. The Morgan fingerprint density at radius 3 is 2.54 bits per heavy atom. The number of aryl methyl sites for hydroxylation is 3. The van der Waals surface area contributed by atoms with E-state index in [2.05, 4.69) is 24.0 Å². The smallest absolute Gasteiger partial charge is 0.0438 e. The molecule has 72 valence electrons. The Kier molecular flexibility index (Phi) is 3.94. The maximum Gasteiger partial charge on any atom is 0.0438 e. The van der Waals surface area contributed by atoms with Crippen LogP contribution in [0.25, 0.3) is 0 Å². The minimum Gasteiger partial charge on any atom is -0.258 e. The number of aromatic nitrogens is 1. The van der Waals surface area contributed by atoms with Crippen LogP contribution in [0.15, 0.2) is 12.1 Å². The average Bonchev–Trinajstić information content (AvgIpc) is 2.21. The van der Waals surface area contributed by atoms with Crippen LogP contribution in [0.1, 0.15) is 43.6 Å². The second kappa shape index (κ2) is 5.00. The number of pyridine rings is 1. The number of rotatable bonds is 0. The van der Waals surface area contributed by atoms with Crippen molar-refractivity contribution in [2.75, 3.05) is 0 Å². The van der Waals surface area contributed by atoms with E-state index in [4.69, 9.17) is 0 Å². The maximum absolute atomic E-state index is 4.51. The van der Waals surface area contributed by atoms with Crippen molar-refractivity contribution in [3.63, 3.8) is 0 Å². The fraction of sp³-hybridized carbons (Fsp3) is 0.583. The Hall–Kier alpha value is -0.850. The van der Waals surface area contributed by atoms with E-state index in [0.717, 1.165) is 5.69 Å². The van der Waals surface area contributed by atoms with E-state index >= 15 is 0 Å². The van der Waals surface area contributed by atoms with Gasteiger partial charge in [0.05, 0.1) is 0 Å². The highest BCUT2D eigenvalue weighted by atomic mass is 14.7. The molecule has 0 unspecified atom stereocenters. The summed E-state index contributed by atoms with van der Waals surface area (Å²) in [5.74, 6) is 0. The Labute approximate surface area is 81.2 Å². The first-order valence-corrected chi connectivity index (χ1v) is 5.32. The van der Waals surface area contributed by atoms with Crippen molar-refractivity contribution in [3.05, 3.63) is 29.1 Å². The second-order valence-corrected chi connectivity index (χ2v) is 3.27. The van der Waals surface area contributed by atoms with Gasteiger partial charge in [0.25, 0.3) is 0 Å². The van der Waals surface area contributed by atoms with Gasteiger partial charge in [0.1, 0.15) is 0 Å². The Morgan fingerprint density at radius 2 is 1.77 bits per heavy atom. The zero-order chi connectivity index (χ0) is 9.68. The predicted octanol–water partition coefficient (Wildman–Crippen LogP) is 3.30. The highest BCUT2D eigenvalue weighted by molar-refractivity contribution is 5.24. The Balaban J connectivity index is 0.000000396. The van der Waals surface area contributed by atoms with Crippen LogP contribution in [0.2, 0.25) is 0 Å². The number of hydrogen-bond acceptors (Lipinski definition) is 1. The largest absolute Gasteiger partial charge is 0.258 e. The quantitative estimate of drug-likeness (QED) is 0.592. The summed E-state index contributed by atoms with van der Waals surface area (Å²) in [6, 6.07) is 4.35. The van der Waals surface area contributed by atoms with Gasteiger partial charge in [-0.25, -0.2) is 0 Å². The summed E-state index contributed by atoms with van der Waals surface area (Å²) in [6.45, 7) is 6.06. The van der Waals surface area contributed by atoms with Gasteiger partial charge in [-0.2, -0.15) is 0 Å². The van der Waals surface area contributed by atoms with Gasteiger partial charge in [-0.05, 0) is 44.2 Å². The van der Waals surface area contributed by atoms with Gasteiger partial charge >= 0.3 is 0 Å². The van der Waals surface area contributed by atoms with Crippen LogP contribution in [-0.4, -0.2) is 4.98 Å². The second-order valence-electron chi connectivity index (χ2n) is 3.27. The summed E-state index contributed by atoms with van der Waals surface area (Å²) in [5, 5.41) is 0. The van der Waals surface area contributed by atoms with Crippen molar-refractivity contribution in [2.24, 2.45) is 0 Å². The summed E-state index contributed by atoms with van der Waals surface area (Å²) >= 11 is 0. The average molecular weight is 177 g/mol. The molecule has 1 aliphatic carbocycles. The van der Waals surface area contributed by atoms with Crippen molar-refractivity contribution < 1.29 is 0 Å². The van der Waals surface area contributed by atoms with Gasteiger partial charge in [-0.1, -0.05) is 19.9 Å². The molecule has 1 aliphatic rings. The van der Waals surface area contributed by atoms with Crippen LogP contribution in [-0.2, 0) is 12.8 Å². The summed E-state index contributed by atoms with van der Waals surface area (Å²) in [7, 11) is 0. The fourth-order valence-corrected chi connectivity index (χ4v) is 1.69. The lowest BCUT2D eigenvalue weighted by molar-refractivity contribution is 0.665. The molecule has 1 aromatic heterocycles. The van der Waals surface area contributed by atoms with Crippen molar-refractivity contribution in [1.29, 1.82) is 0 Å². The van der Waals surface area contributed by atoms with E-state index in [0.29, 0.717) is 0 Å². The molecule has 0 aliphatic heterocycles. The minimum absolute atomic E-state index is 1.16. The lowest BCUT2D eigenvalue weighted by atomic mass is 9.96. The van der Waals surface area contributed by atoms with Gasteiger partial charge in [0.15, 0.2) is 0 Å². The van der Waals surface area contributed by atoms with Crippen LogP contribution in [0.5, 0.6) is 0 Å². The molecular weight excluding hydrogens is 158 g/mol. The summed E-state index contributed by atoms with van der Waals surface area (Å²) in [4.78, 5) is 4.51. The third-order valence-corrected chi connectivity index (χ3v) is 2.32. The molecule has 0 saturated heterocycles. The van der Waals surface area contributed by atoms with E-state index < -0.39 is 0 Å². The molecule has 0 N–H and O–H groups in total. The molecule has 0 bridgehead atoms. The van der Waals surface area contributed by atoms with Crippen LogP contribution < -0.4 is 0 Å². The standard InChI is InChI=1S/C10H13N.C2H6/c1-8-6-7-9-4-2-3-5-10(9)11-8;1-2/h6-7H,2-5H2,1H3;1-2H3. The topological polar surface area (TPSA) is 12.9 Å². The molecular formula is C12H19N. The first-order chi connectivity index (χ1) is 6.36. The van der Waals surface area contributed by atoms with Gasteiger partial charge < -0.3 is 0 Å². The zero-order valence-corrected chi connectivity index (χ0v) is 8.93. The van der Waals surface area contributed by atoms with Gasteiger partial charge in [-0.15, -0.1) is 0 Å². The van der Waals surface area contributed by atoms with Crippen LogP contribution >= 0.6 is 0 Å².